The fraction of sp³-hybridized carbons (Fsp3) is 0.792. The number of hydrogen-bond donors (Lipinski definition) is 5. The van der Waals surface area contributed by atoms with E-state index in [4.69, 9.17) is 29.6 Å². The Kier molecular flexibility index (Phi) is 22.2. The largest absolute Gasteiger partial charge is 0.481 e. The van der Waals surface area contributed by atoms with Crippen molar-refractivity contribution >= 4 is 29.6 Å². The first-order chi connectivity index (χ1) is 19.6. The van der Waals surface area contributed by atoms with Crippen LogP contribution in [-0.2, 0) is 42.9 Å². The summed E-state index contributed by atoms with van der Waals surface area (Å²) >= 11 is 0. The lowest BCUT2D eigenvalue weighted by Crippen LogP contribution is -2.54. The average Bonchev–Trinajstić information content (AvgIpc) is 2.92. The van der Waals surface area contributed by atoms with Crippen LogP contribution in [0.4, 0.5) is 0 Å². The molecule has 0 aliphatic heterocycles. The molecule has 0 heterocycles. The third-order valence-corrected chi connectivity index (χ3v) is 5.12. The molecule has 0 saturated heterocycles. The molecule has 0 aromatic heterocycles. The fourth-order valence-electron chi connectivity index (χ4n) is 2.86. The summed E-state index contributed by atoms with van der Waals surface area (Å²) in [5.74, 6) is -2.87. The SMILES string of the molecule is C[C@H](NC(=O)CCCN=[N+]=[N-])C(=O)N[C@@H](C)C(=O)N[C@@H](C)C(=O)NCCOCCOCCOCCOCCC(=O)O. The molecule has 0 fully saturated rings. The summed E-state index contributed by atoms with van der Waals surface area (Å²) in [4.78, 5) is 61.6. The van der Waals surface area contributed by atoms with Crippen molar-refractivity contribution in [3.63, 3.8) is 0 Å². The summed E-state index contributed by atoms with van der Waals surface area (Å²) in [6, 6.07) is -2.70. The Morgan fingerprint density at radius 3 is 1.68 bits per heavy atom. The van der Waals surface area contributed by atoms with Crippen LogP contribution in [0.2, 0.25) is 0 Å². The maximum absolute atomic E-state index is 12.4. The summed E-state index contributed by atoms with van der Waals surface area (Å²) in [7, 11) is 0. The zero-order valence-electron chi connectivity index (χ0n) is 23.9. The molecule has 0 aromatic rings. The molecule has 0 unspecified atom stereocenters. The Labute approximate surface area is 239 Å². The first-order valence-electron chi connectivity index (χ1n) is 13.3. The molecular formula is C24H43N7O10. The predicted octanol–water partition coefficient (Wildman–Crippen LogP) is -0.752. The molecule has 5 N–H and O–H groups in total. The third-order valence-electron chi connectivity index (χ3n) is 5.12. The molecule has 0 aliphatic rings. The van der Waals surface area contributed by atoms with Crippen molar-refractivity contribution in [3.8, 4) is 0 Å². The summed E-state index contributed by atoms with van der Waals surface area (Å²) < 4.78 is 21.1. The Hall–Kier alpha value is -3.50. The molecule has 17 heteroatoms. The van der Waals surface area contributed by atoms with Crippen molar-refractivity contribution in [2.45, 2.75) is 58.2 Å². The van der Waals surface area contributed by atoms with E-state index in [1.54, 1.807) is 0 Å². The van der Waals surface area contributed by atoms with E-state index in [0.29, 0.717) is 46.1 Å². The van der Waals surface area contributed by atoms with Crippen molar-refractivity contribution in [1.29, 1.82) is 0 Å². The minimum Gasteiger partial charge on any atom is -0.481 e. The highest BCUT2D eigenvalue weighted by molar-refractivity contribution is 5.93. The lowest BCUT2D eigenvalue weighted by molar-refractivity contribution is -0.138. The molecule has 41 heavy (non-hydrogen) atoms. The molecule has 234 valence electrons. The van der Waals surface area contributed by atoms with Crippen LogP contribution in [0.1, 0.15) is 40.0 Å². The molecule has 4 amide bonds. The Morgan fingerprint density at radius 1 is 0.707 bits per heavy atom. The molecule has 0 spiro atoms. The van der Waals surface area contributed by atoms with Gasteiger partial charge in [0, 0.05) is 24.4 Å². The van der Waals surface area contributed by atoms with E-state index in [1.165, 1.54) is 20.8 Å². The van der Waals surface area contributed by atoms with Crippen LogP contribution in [0.3, 0.4) is 0 Å². The number of azide groups is 1. The first-order valence-corrected chi connectivity index (χ1v) is 13.3. The van der Waals surface area contributed by atoms with E-state index in [2.05, 4.69) is 31.3 Å². The van der Waals surface area contributed by atoms with E-state index >= 15 is 0 Å². The minimum atomic E-state index is -0.951. The number of carboxylic acid groups (broad SMARTS) is 1. The second kappa shape index (κ2) is 24.3. The number of nitrogens with one attached hydrogen (secondary N) is 4. The second-order valence-corrected chi connectivity index (χ2v) is 8.69. The zero-order valence-corrected chi connectivity index (χ0v) is 23.9. The molecule has 0 aromatic carbocycles. The van der Waals surface area contributed by atoms with Gasteiger partial charge in [-0.05, 0) is 32.7 Å². The lowest BCUT2D eigenvalue weighted by Gasteiger charge is -2.20. The molecule has 0 bridgehead atoms. The standard InChI is InChI=1S/C24H43N7O10/c1-17(29-24(37)19(3)30-23(36)18(2)28-20(32)5-4-7-27-31-25)22(35)26-8-10-39-12-14-41-16-15-40-13-11-38-9-6-21(33)34/h17-19H,4-16H2,1-3H3,(H,26,35)(H,28,32)(H,29,37)(H,30,36)(H,33,34)/t17-,18-,19-/m0/s1. The highest BCUT2D eigenvalue weighted by Crippen LogP contribution is 1.94. The van der Waals surface area contributed by atoms with Crippen LogP contribution in [-0.4, -0.2) is 119 Å². The molecule has 0 rings (SSSR count). The quantitative estimate of drug-likeness (QED) is 0.0386. The summed E-state index contributed by atoms with van der Waals surface area (Å²) in [5, 5.41) is 21.9. The number of nitrogens with zero attached hydrogens (tertiary/aromatic N) is 3. The number of carboxylic acids is 1. The number of amides is 4. The number of aliphatic carboxylic acids is 1. The van der Waals surface area contributed by atoms with Gasteiger partial charge in [0.2, 0.25) is 23.6 Å². The van der Waals surface area contributed by atoms with Gasteiger partial charge in [0.05, 0.1) is 59.3 Å². The van der Waals surface area contributed by atoms with Gasteiger partial charge in [-0.15, -0.1) is 0 Å². The van der Waals surface area contributed by atoms with E-state index in [9.17, 15) is 24.0 Å². The predicted molar refractivity (Wildman–Crippen MR) is 145 cm³/mol. The van der Waals surface area contributed by atoms with E-state index in [0.717, 1.165) is 0 Å². The molecule has 17 nitrogen and oxygen atoms in total. The van der Waals surface area contributed by atoms with E-state index < -0.39 is 41.8 Å². The molecule has 3 atom stereocenters. The Bertz CT molecular complexity index is 855. The van der Waals surface area contributed by atoms with Gasteiger partial charge in [-0.2, -0.15) is 0 Å². The monoisotopic (exact) mass is 589 g/mol. The maximum atomic E-state index is 12.4. The van der Waals surface area contributed by atoms with Gasteiger partial charge >= 0.3 is 5.97 Å². The number of carbonyl (C=O) groups is 5. The van der Waals surface area contributed by atoms with E-state index in [1.807, 2.05) is 0 Å². The minimum absolute atomic E-state index is 0.0441. The van der Waals surface area contributed by atoms with Crippen LogP contribution >= 0.6 is 0 Å². The fourth-order valence-corrected chi connectivity index (χ4v) is 2.86. The van der Waals surface area contributed by atoms with Gasteiger partial charge in [0.15, 0.2) is 0 Å². The number of ether oxygens (including phenoxy) is 4. The number of carbonyl (C=O) groups excluding carboxylic acids is 4. The van der Waals surface area contributed by atoms with Crippen molar-refractivity contribution in [3.05, 3.63) is 10.4 Å². The molecule has 0 saturated carbocycles. The van der Waals surface area contributed by atoms with Gasteiger partial charge in [0.1, 0.15) is 18.1 Å². The highest BCUT2D eigenvalue weighted by Gasteiger charge is 2.23. The third kappa shape index (κ3) is 21.9. The maximum Gasteiger partial charge on any atom is 0.305 e. The number of hydrogen-bond acceptors (Lipinski definition) is 10. The van der Waals surface area contributed by atoms with Gasteiger partial charge in [-0.25, -0.2) is 0 Å². The average molecular weight is 590 g/mol. The molecule has 0 aliphatic carbocycles. The first kappa shape index (κ1) is 37.5. The van der Waals surface area contributed by atoms with Crippen LogP contribution in [0.5, 0.6) is 0 Å². The molecular weight excluding hydrogens is 546 g/mol. The van der Waals surface area contributed by atoms with Crippen LogP contribution in [0, 0.1) is 0 Å². The summed E-state index contributed by atoms with van der Waals surface area (Å²) in [6.45, 7) is 7.22. The normalized spacial score (nSPS) is 12.8. The van der Waals surface area contributed by atoms with Gasteiger partial charge in [0.25, 0.3) is 0 Å². The van der Waals surface area contributed by atoms with Crippen molar-refractivity contribution in [1.82, 2.24) is 21.3 Å². The zero-order chi connectivity index (χ0) is 30.9. The molecule has 0 radical (unpaired) electrons. The van der Waals surface area contributed by atoms with Crippen molar-refractivity contribution < 1.29 is 48.0 Å². The van der Waals surface area contributed by atoms with E-state index in [-0.39, 0.29) is 45.1 Å². The number of rotatable bonds is 25. The Morgan fingerprint density at radius 2 is 1.17 bits per heavy atom. The van der Waals surface area contributed by atoms with Gasteiger partial charge in [-0.3, -0.25) is 24.0 Å². The topological polar surface area (TPSA) is 239 Å². The van der Waals surface area contributed by atoms with Crippen LogP contribution in [0.15, 0.2) is 5.11 Å². The van der Waals surface area contributed by atoms with Crippen molar-refractivity contribution in [2.24, 2.45) is 5.11 Å². The van der Waals surface area contributed by atoms with Crippen LogP contribution in [0.25, 0.3) is 10.4 Å². The Balaban J connectivity index is 3.88. The lowest BCUT2D eigenvalue weighted by atomic mass is 10.2. The summed E-state index contributed by atoms with van der Waals surface area (Å²) in [5.41, 5.74) is 8.22. The van der Waals surface area contributed by atoms with Gasteiger partial charge < -0.3 is 45.3 Å². The highest BCUT2D eigenvalue weighted by atomic mass is 16.6. The summed E-state index contributed by atoms with van der Waals surface area (Å²) in [6.07, 6.45) is 0.389. The smallest absolute Gasteiger partial charge is 0.305 e. The second-order valence-electron chi connectivity index (χ2n) is 8.69. The van der Waals surface area contributed by atoms with Crippen LogP contribution < -0.4 is 21.3 Å². The van der Waals surface area contributed by atoms with Crippen molar-refractivity contribution in [2.75, 3.05) is 65.9 Å². The van der Waals surface area contributed by atoms with Gasteiger partial charge in [-0.1, -0.05) is 5.11 Å².